The first-order chi connectivity index (χ1) is 9.22. The van der Waals surface area contributed by atoms with Gasteiger partial charge in [0.05, 0.1) is 5.88 Å². The Kier molecular flexibility index (Phi) is 4.12. The summed E-state index contributed by atoms with van der Waals surface area (Å²) in [5, 5.41) is 3.18. The third-order valence-electron chi connectivity index (χ3n) is 3.61. The van der Waals surface area contributed by atoms with Gasteiger partial charge in [-0.05, 0) is 26.8 Å². The zero-order valence-electron chi connectivity index (χ0n) is 12.6. The highest BCUT2D eigenvalue weighted by molar-refractivity contribution is 7.91. The number of nitrogens with one attached hydrogen (secondary N) is 1. The van der Waals surface area contributed by atoms with Gasteiger partial charge in [0, 0.05) is 23.8 Å². The maximum absolute atomic E-state index is 11.7. The fraction of sp³-hybridized carbons (Fsp3) is 0.600. The number of hydrogen-bond donors (Lipinski definition) is 1. The number of benzene rings is 1. The van der Waals surface area contributed by atoms with Crippen molar-refractivity contribution in [2.45, 2.75) is 45.8 Å². The van der Waals surface area contributed by atoms with Crippen LogP contribution >= 0.6 is 0 Å². The van der Waals surface area contributed by atoms with Crippen LogP contribution in [0.2, 0.25) is 0 Å². The summed E-state index contributed by atoms with van der Waals surface area (Å²) in [6, 6.07) is 6.06. The van der Waals surface area contributed by atoms with Crippen molar-refractivity contribution in [3.05, 3.63) is 29.3 Å². The third kappa shape index (κ3) is 3.52. The van der Waals surface area contributed by atoms with Gasteiger partial charge >= 0.3 is 0 Å². The smallest absolute Gasteiger partial charge is 0.162 e. The Morgan fingerprint density at radius 1 is 1.40 bits per heavy atom. The SMILES string of the molecule is CCS(=O)(=O)CNC1CC(C)(C)Oc2ccc(C)cc21. The molecule has 0 aliphatic carbocycles. The summed E-state index contributed by atoms with van der Waals surface area (Å²) in [4.78, 5) is 0. The Balaban J connectivity index is 2.27. The third-order valence-corrected chi connectivity index (χ3v) is 5.10. The molecule has 1 aromatic carbocycles. The standard InChI is InChI=1S/C15H23NO3S/c1-5-20(17,18)10-16-13-9-15(3,4)19-14-7-6-11(2)8-12(13)14/h6-8,13,16H,5,9-10H2,1-4H3. The number of sulfone groups is 1. The normalized spacial score (nSPS) is 21.1. The van der Waals surface area contributed by atoms with E-state index in [2.05, 4.69) is 11.4 Å². The van der Waals surface area contributed by atoms with E-state index in [1.165, 1.54) is 0 Å². The van der Waals surface area contributed by atoms with Gasteiger partial charge in [-0.2, -0.15) is 0 Å². The lowest BCUT2D eigenvalue weighted by atomic mass is 9.89. The molecule has 1 unspecified atom stereocenters. The highest BCUT2D eigenvalue weighted by Crippen LogP contribution is 2.39. The Bertz CT molecular complexity index is 593. The highest BCUT2D eigenvalue weighted by Gasteiger charge is 2.33. The molecule has 0 saturated heterocycles. The quantitative estimate of drug-likeness (QED) is 0.928. The predicted octanol–water partition coefficient (Wildman–Crippen LogP) is 2.58. The summed E-state index contributed by atoms with van der Waals surface area (Å²) in [5.74, 6) is 1.02. The summed E-state index contributed by atoms with van der Waals surface area (Å²) >= 11 is 0. The van der Waals surface area contributed by atoms with Gasteiger partial charge in [0.25, 0.3) is 0 Å². The Morgan fingerprint density at radius 3 is 2.75 bits per heavy atom. The molecule has 1 aliphatic rings. The summed E-state index contributed by atoms with van der Waals surface area (Å²) in [7, 11) is -3.02. The van der Waals surface area contributed by atoms with Gasteiger partial charge in [0.1, 0.15) is 11.4 Å². The molecule has 0 amide bonds. The first-order valence-corrected chi connectivity index (χ1v) is 8.78. The van der Waals surface area contributed by atoms with Crippen molar-refractivity contribution >= 4 is 9.84 Å². The molecule has 1 aliphatic heterocycles. The maximum atomic E-state index is 11.7. The van der Waals surface area contributed by atoms with Crippen LogP contribution < -0.4 is 10.1 Å². The number of rotatable bonds is 4. The molecule has 1 N–H and O–H groups in total. The largest absolute Gasteiger partial charge is 0.487 e. The van der Waals surface area contributed by atoms with Crippen molar-refractivity contribution in [3.63, 3.8) is 0 Å². The van der Waals surface area contributed by atoms with E-state index in [0.717, 1.165) is 23.3 Å². The fourth-order valence-electron chi connectivity index (χ4n) is 2.49. The average Bonchev–Trinajstić information content (AvgIpc) is 2.36. The van der Waals surface area contributed by atoms with Crippen LogP contribution in [0.15, 0.2) is 18.2 Å². The van der Waals surface area contributed by atoms with Gasteiger partial charge in [-0.25, -0.2) is 8.42 Å². The van der Waals surface area contributed by atoms with E-state index in [1.54, 1.807) is 6.92 Å². The van der Waals surface area contributed by atoms with E-state index in [-0.39, 0.29) is 23.3 Å². The molecular formula is C15H23NO3S. The van der Waals surface area contributed by atoms with Crippen LogP contribution in [0.1, 0.15) is 44.4 Å². The van der Waals surface area contributed by atoms with Crippen LogP contribution in [0.3, 0.4) is 0 Å². The Hall–Kier alpha value is -1.07. The molecule has 0 radical (unpaired) electrons. The molecule has 0 fully saturated rings. The predicted molar refractivity (Wildman–Crippen MR) is 80.7 cm³/mol. The summed E-state index contributed by atoms with van der Waals surface area (Å²) in [5.41, 5.74) is 1.91. The van der Waals surface area contributed by atoms with E-state index in [1.807, 2.05) is 32.9 Å². The lowest BCUT2D eigenvalue weighted by molar-refractivity contribution is 0.0670. The zero-order valence-corrected chi connectivity index (χ0v) is 13.4. The fourth-order valence-corrected chi connectivity index (χ4v) is 3.14. The van der Waals surface area contributed by atoms with Gasteiger partial charge in [-0.15, -0.1) is 0 Å². The van der Waals surface area contributed by atoms with Crippen LogP contribution in [0.4, 0.5) is 0 Å². The number of aryl methyl sites for hydroxylation is 1. The molecule has 4 nitrogen and oxygen atoms in total. The minimum absolute atomic E-state index is 0.00924. The second kappa shape index (κ2) is 5.37. The zero-order chi connectivity index (χ0) is 15.0. The summed E-state index contributed by atoms with van der Waals surface area (Å²) < 4.78 is 29.4. The second-order valence-electron chi connectivity index (χ2n) is 6.04. The molecule has 2 rings (SSSR count). The van der Waals surface area contributed by atoms with Crippen molar-refractivity contribution in [1.82, 2.24) is 5.32 Å². The van der Waals surface area contributed by atoms with E-state index < -0.39 is 9.84 Å². The molecule has 0 saturated carbocycles. The first kappa shape index (κ1) is 15.3. The average molecular weight is 297 g/mol. The first-order valence-electron chi connectivity index (χ1n) is 6.96. The van der Waals surface area contributed by atoms with Crippen molar-refractivity contribution in [2.75, 3.05) is 11.6 Å². The lowest BCUT2D eigenvalue weighted by Crippen LogP contribution is -2.41. The molecule has 20 heavy (non-hydrogen) atoms. The van der Waals surface area contributed by atoms with E-state index in [9.17, 15) is 8.42 Å². The topological polar surface area (TPSA) is 55.4 Å². The van der Waals surface area contributed by atoms with Gasteiger partial charge in [0.15, 0.2) is 9.84 Å². The molecule has 0 bridgehead atoms. The van der Waals surface area contributed by atoms with Gasteiger partial charge in [-0.1, -0.05) is 24.6 Å². The second-order valence-corrected chi connectivity index (χ2v) is 8.39. The minimum Gasteiger partial charge on any atom is -0.487 e. The van der Waals surface area contributed by atoms with Crippen LogP contribution in [0.5, 0.6) is 5.75 Å². The van der Waals surface area contributed by atoms with Gasteiger partial charge in [0.2, 0.25) is 0 Å². The highest BCUT2D eigenvalue weighted by atomic mass is 32.2. The van der Waals surface area contributed by atoms with Crippen molar-refractivity contribution in [3.8, 4) is 5.75 Å². The van der Waals surface area contributed by atoms with E-state index >= 15 is 0 Å². The number of ether oxygens (including phenoxy) is 1. The number of fused-ring (bicyclic) bond motifs is 1. The molecule has 1 atom stereocenters. The van der Waals surface area contributed by atoms with Gasteiger partial charge < -0.3 is 4.74 Å². The molecule has 112 valence electrons. The molecule has 1 aromatic rings. The van der Waals surface area contributed by atoms with Gasteiger partial charge in [-0.3, -0.25) is 5.32 Å². The van der Waals surface area contributed by atoms with Crippen LogP contribution in [-0.4, -0.2) is 25.6 Å². The molecule has 5 heteroatoms. The molecule has 0 aromatic heterocycles. The van der Waals surface area contributed by atoms with Crippen LogP contribution in [0, 0.1) is 6.92 Å². The Labute approximate surface area is 121 Å². The monoisotopic (exact) mass is 297 g/mol. The molecule has 1 heterocycles. The summed E-state index contributed by atoms with van der Waals surface area (Å²) in [6.45, 7) is 7.75. The molecular weight excluding hydrogens is 274 g/mol. The van der Waals surface area contributed by atoms with Crippen molar-refractivity contribution in [2.24, 2.45) is 0 Å². The summed E-state index contributed by atoms with van der Waals surface area (Å²) in [6.07, 6.45) is 0.753. The lowest BCUT2D eigenvalue weighted by Gasteiger charge is -2.38. The maximum Gasteiger partial charge on any atom is 0.162 e. The Morgan fingerprint density at radius 2 is 2.10 bits per heavy atom. The van der Waals surface area contributed by atoms with Crippen molar-refractivity contribution in [1.29, 1.82) is 0 Å². The number of hydrogen-bond acceptors (Lipinski definition) is 4. The van der Waals surface area contributed by atoms with Crippen LogP contribution in [-0.2, 0) is 9.84 Å². The molecule has 0 spiro atoms. The van der Waals surface area contributed by atoms with E-state index in [4.69, 9.17) is 4.74 Å². The van der Waals surface area contributed by atoms with Crippen LogP contribution in [0.25, 0.3) is 0 Å². The minimum atomic E-state index is -3.02. The van der Waals surface area contributed by atoms with Crippen molar-refractivity contribution < 1.29 is 13.2 Å². The van der Waals surface area contributed by atoms with E-state index in [0.29, 0.717) is 0 Å².